The smallest absolute Gasteiger partial charge is 0.306 e. The zero-order valence-corrected chi connectivity index (χ0v) is 9.83. The largest absolute Gasteiger partial charge is 0.463 e. The fourth-order valence-corrected chi connectivity index (χ4v) is 1.90. The van der Waals surface area contributed by atoms with Gasteiger partial charge in [-0.05, 0) is 26.2 Å². The molecule has 0 aromatic heterocycles. The summed E-state index contributed by atoms with van der Waals surface area (Å²) >= 11 is 0. The standard InChI is InChI=1S/C12H22O3/c1-3-8-14-11-6-4-5-7-12(13)15-10(2)9-11/h10-11H,3-9H2,1-2H3/t10?,11-/m0/s1. The quantitative estimate of drug-likeness (QED) is 0.677. The molecule has 1 saturated heterocycles. The van der Waals surface area contributed by atoms with Crippen LogP contribution in [0.3, 0.4) is 0 Å². The van der Waals surface area contributed by atoms with E-state index < -0.39 is 0 Å². The zero-order chi connectivity index (χ0) is 11.1. The first-order chi connectivity index (χ1) is 7.22. The monoisotopic (exact) mass is 214 g/mol. The molecule has 3 nitrogen and oxygen atoms in total. The average Bonchev–Trinajstić information content (AvgIpc) is 2.26. The molecule has 0 radical (unpaired) electrons. The number of rotatable bonds is 3. The van der Waals surface area contributed by atoms with E-state index in [-0.39, 0.29) is 18.2 Å². The molecular formula is C12H22O3. The second kappa shape index (κ2) is 6.83. The van der Waals surface area contributed by atoms with Crippen molar-refractivity contribution in [1.29, 1.82) is 0 Å². The van der Waals surface area contributed by atoms with Crippen molar-refractivity contribution < 1.29 is 14.3 Å². The van der Waals surface area contributed by atoms with Crippen LogP contribution in [0.1, 0.15) is 52.4 Å². The molecule has 0 aromatic carbocycles. The highest BCUT2D eigenvalue weighted by atomic mass is 16.5. The van der Waals surface area contributed by atoms with Gasteiger partial charge < -0.3 is 9.47 Å². The Bertz CT molecular complexity index is 191. The third-order valence-corrected chi connectivity index (χ3v) is 2.64. The van der Waals surface area contributed by atoms with E-state index in [1.807, 2.05) is 6.92 Å². The Kier molecular flexibility index (Phi) is 5.69. The van der Waals surface area contributed by atoms with Gasteiger partial charge in [0, 0.05) is 19.4 Å². The van der Waals surface area contributed by atoms with Gasteiger partial charge in [0.15, 0.2) is 0 Å². The van der Waals surface area contributed by atoms with Crippen molar-refractivity contribution >= 4 is 5.97 Å². The number of hydrogen-bond donors (Lipinski definition) is 0. The van der Waals surface area contributed by atoms with Crippen molar-refractivity contribution in [3.63, 3.8) is 0 Å². The first-order valence-corrected chi connectivity index (χ1v) is 6.03. The van der Waals surface area contributed by atoms with Crippen LogP contribution in [0.4, 0.5) is 0 Å². The predicted molar refractivity (Wildman–Crippen MR) is 58.7 cm³/mol. The molecule has 1 aliphatic rings. The maximum absolute atomic E-state index is 11.3. The summed E-state index contributed by atoms with van der Waals surface area (Å²) in [5.41, 5.74) is 0. The van der Waals surface area contributed by atoms with Gasteiger partial charge in [-0.3, -0.25) is 4.79 Å². The van der Waals surface area contributed by atoms with Gasteiger partial charge in [-0.25, -0.2) is 0 Å². The molecule has 2 atom stereocenters. The summed E-state index contributed by atoms with van der Waals surface area (Å²) in [6.07, 6.45) is 5.76. The Morgan fingerprint density at radius 1 is 1.47 bits per heavy atom. The number of ether oxygens (including phenoxy) is 2. The molecule has 0 aliphatic carbocycles. The minimum Gasteiger partial charge on any atom is -0.463 e. The van der Waals surface area contributed by atoms with Crippen LogP contribution in [-0.2, 0) is 14.3 Å². The van der Waals surface area contributed by atoms with Gasteiger partial charge in [0.05, 0.1) is 6.10 Å². The lowest BCUT2D eigenvalue weighted by molar-refractivity contribution is -0.149. The Hall–Kier alpha value is -0.570. The highest BCUT2D eigenvalue weighted by molar-refractivity contribution is 5.69. The van der Waals surface area contributed by atoms with Crippen molar-refractivity contribution in [2.75, 3.05) is 6.61 Å². The van der Waals surface area contributed by atoms with E-state index in [1.165, 1.54) is 0 Å². The van der Waals surface area contributed by atoms with Crippen molar-refractivity contribution in [2.24, 2.45) is 0 Å². The lowest BCUT2D eigenvalue weighted by atomic mass is 10.1. The molecule has 1 unspecified atom stereocenters. The highest BCUT2D eigenvalue weighted by Crippen LogP contribution is 2.17. The Balaban J connectivity index is 2.39. The lowest BCUT2D eigenvalue weighted by Gasteiger charge is -2.20. The van der Waals surface area contributed by atoms with Gasteiger partial charge in [0.2, 0.25) is 0 Å². The van der Waals surface area contributed by atoms with Crippen molar-refractivity contribution in [3.8, 4) is 0 Å². The summed E-state index contributed by atoms with van der Waals surface area (Å²) in [6.45, 7) is 4.87. The van der Waals surface area contributed by atoms with Gasteiger partial charge in [0.25, 0.3) is 0 Å². The molecule has 0 N–H and O–H groups in total. The minimum absolute atomic E-state index is 0.00236. The van der Waals surface area contributed by atoms with Crippen molar-refractivity contribution in [1.82, 2.24) is 0 Å². The van der Waals surface area contributed by atoms with E-state index in [0.29, 0.717) is 6.42 Å². The van der Waals surface area contributed by atoms with Crippen molar-refractivity contribution in [2.45, 2.75) is 64.6 Å². The molecule has 0 spiro atoms. The van der Waals surface area contributed by atoms with Crippen LogP contribution >= 0.6 is 0 Å². The fourth-order valence-electron chi connectivity index (χ4n) is 1.90. The van der Waals surface area contributed by atoms with Gasteiger partial charge >= 0.3 is 5.97 Å². The molecule has 1 fully saturated rings. The zero-order valence-electron chi connectivity index (χ0n) is 9.83. The number of carbonyl (C=O) groups excluding carboxylic acids is 1. The molecule has 0 amide bonds. The van der Waals surface area contributed by atoms with E-state index in [0.717, 1.165) is 38.7 Å². The number of carbonyl (C=O) groups is 1. The summed E-state index contributed by atoms with van der Waals surface area (Å²) in [4.78, 5) is 11.3. The molecule has 0 saturated carbocycles. The Morgan fingerprint density at radius 2 is 2.27 bits per heavy atom. The molecule has 0 aromatic rings. The summed E-state index contributed by atoms with van der Waals surface area (Å²) in [5.74, 6) is -0.0568. The third-order valence-electron chi connectivity index (χ3n) is 2.64. The Labute approximate surface area is 92.1 Å². The number of hydrogen-bond acceptors (Lipinski definition) is 3. The maximum atomic E-state index is 11.3. The van der Waals surface area contributed by atoms with E-state index >= 15 is 0 Å². The molecule has 1 heterocycles. The van der Waals surface area contributed by atoms with E-state index in [4.69, 9.17) is 9.47 Å². The molecule has 1 aliphatic heterocycles. The van der Waals surface area contributed by atoms with Crippen LogP contribution in [0.25, 0.3) is 0 Å². The van der Waals surface area contributed by atoms with Gasteiger partial charge in [-0.15, -0.1) is 0 Å². The predicted octanol–water partition coefficient (Wildman–Crippen LogP) is 2.68. The van der Waals surface area contributed by atoms with Gasteiger partial charge in [-0.1, -0.05) is 13.3 Å². The summed E-state index contributed by atoms with van der Waals surface area (Å²) < 4.78 is 11.0. The first kappa shape index (κ1) is 12.5. The van der Waals surface area contributed by atoms with Crippen LogP contribution in [0.2, 0.25) is 0 Å². The molecular weight excluding hydrogens is 192 g/mol. The van der Waals surface area contributed by atoms with Gasteiger partial charge in [0.1, 0.15) is 6.10 Å². The summed E-state index contributed by atoms with van der Waals surface area (Å²) in [5, 5.41) is 0. The van der Waals surface area contributed by atoms with E-state index in [9.17, 15) is 4.79 Å². The van der Waals surface area contributed by atoms with Crippen molar-refractivity contribution in [3.05, 3.63) is 0 Å². The molecule has 0 bridgehead atoms. The number of cyclic esters (lactones) is 1. The Morgan fingerprint density at radius 3 is 3.00 bits per heavy atom. The molecule has 3 heteroatoms. The topological polar surface area (TPSA) is 35.5 Å². The fraction of sp³-hybridized carbons (Fsp3) is 0.917. The van der Waals surface area contributed by atoms with E-state index in [1.54, 1.807) is 0 Å². The maximum Gasteiger partial charge on any atom is 0.306 e. The van der Waals surface area contributed by atoms with Crippen LogP contribution in [0.15, 0.2) is 0 Å². The SMILES string of the molecule is CCCO[C@H]1CCCCC(=O)OC(C)C1. The molecule has 15 heavy (non-hydrogen) atoms. The van der Waals surface area contributed by atoms with Crippen LogP contribution in [-0.4, -0.2) is 24.8 Å². The second-order valence-corrected chi connectivity index (χ2v) is 4.27. The van der Waals surface area contributed by atoms with Crippen LogP contribution in [0, 0.1) is 0 Å². The third kappa shape index (κ3) is 5.17. The molecule has 1 rings (SSSR count). The number of esters is 1. The summed E-state index contributed by atoms with van der Waals surface area (Å²) in [6, 6.07) is 0. The van der Waals surface area contributed by atoms with E-state index in [2.05, 4.69) is 6.92 Å². The first-order valence-electron chi connectivity index (χ1n) is 6.03. The lowest BCUT2D eigenvalue weighted by Crippen LogP contribution is -2.22. The van der Waals surface area contributed by atoms with Crippen LogP contribution in [0.5, 0.6) is 0 Å². The highest BCUT2D eigenvalue weighted by Gasteiger charge is 2.19. The average molecular weight is 214 g/mol. The van der Waals surface area contributed by atoms with Crippen LogP contribution < -0.4 is 0 Å². The van der Waals surface area contributed by atoms with Gasteiger partial charge in [-0.2, -0.15) is 0 Å². The summed E-state index contributed by atoms with van der Waals surface area (Å²) in [7, 11) is 0. The normalized spacial score (nSPS) is 28.8. The molecule has 88 valence electrons. The minimum atomic E-state index is -0.0568. The second-order valence-electron chi connectivity index (χ2n) is 4.27.